The van der Waals surface area contributed by atoms with Gasteiger partial charge in [0.15, 0.2) is 18.0 Å². The predicted octanol–water partition coefficient (Wildman–Crippen LogP) is 4.57. The molecule has 2 N–H and O–H groups in total. The standard InChI is InChI=1S/C41H52N2O14/c1-6-35(48)57-41(24(2)19-31-30-14-11-27-21-28(45)15-16-39(27,4)36(30)33(46)22-40(31,41)5)34(47)23-54-38(50)56-29-12-9-26(10-13-29)20-32(42-25(3)44)37(49)53-17-7-8-18-55-43(51)52/h9-10,12-13,15-16,21,24,30-33,36,46H,6-8,11,14,17-20,22-23H2,1-5H3,(H,42,44)/t24-,30?,31?,32?,33-,36?,39-,40-,41-/m0/s1. The van der Waals surface area contributed by atoms with E-state index >= 15 is 0 Å². The van der Waals surface area contributed by atoms with Crippen LogP contribution < -0.4 is 10.1 Å². The summed E-state index contributed by atoms with van der Waals surface area (Å²) in [5, 5.41) is 23.8. The second kappa shape index (κ2) is 17.6. The molecule has 16 heteroatoms. The summed E-state index contributed by atoms with van der Waals surface area (Å²) in [7, 11) is 0. The number of Topliss-reactive ketones (excluding diaryl/α,β-unsaturated/α-hetero) is 1. The van der Waals surface area contributed by atoms with E-state index in [1.165, 1.54) is 19.1 Å². The third-order valence-electron chi connectivity index (χ3n) is 12.5. The minimum atomic E-state index is -1.69. The minimum absolute atomic E-state index is 0.0113. The fraction of sp³-hybridized carbons (Fsp3) is 0.610. The van der Waals surface area contributed by atoms with Gasteiger partial charge in [-0.05, 0) is 80.2 Å². The lowest BCUT2D eigenvalue weighted by molar-refractivity contribution is -0.757. The molecule has 57 heavy (non-hydrogen) atoms. The summed E-state index contributed by atoms with van der Waals surface area (Å²) in [6, 6.07) is 5.00. The number of hydrogen-bond donors (Lipinski definition) is 2. The third kappa shape index (κ3) is 8.90. The number of rotatable bonds is 16. The van der Waals surface area contributed by atoms with Gasteiger partial charge >= 0.3 is 18.1 Å². The maximum Gasteiger partial charge on any atom is 0.514 e. The van der Waals surface area contributed by atoms with Crippen molar-refractivity contribution in [3.8, 4) is 5.75 Å². The first kappa shape index (κ1) is 43.0. The lowest BCUT2D eigenvalue weighted by Crippen LogP contribution is -2.64. The highest BCUT2D eigenvalue weighted by atomic mass is 16.9. The number of ether oxygens (including phenoxy) is 4. The largest absolute Gasteiger partial charge is 0.514 e. The maximum absolute atomic E-state index is 14.4. The van der Waals surface area contributed by atoms with Gasteiger partial charge in [-0.25, -0.2) is 9.59 Å². The summed E-state index contributed by atoms with van der Waals surface area (Å²) in [6.45, 7) is 7.77. The van der Waals surface area contributed by atoms with Crippen molar-refractivity contribution in [2.45, 2.75) is 104 Å². The highest BCUT2D eigenvalue weighted by Gasteiger charge is 2.73. The summed E-state index contributed by atoms with van der Waals surface area (Å²) in [4.78, 5) is 91.6. The van der Waals surface area contributed by atoms with Gasteiger partial charge in [0.05, 0.1) is 19.3 Å². The van der Waals surface area contributed by atoms with E-state index in [1.54, 1.807) is 31.2 Å². The Balaban J connectivity index is 1.23. The zero-order chi connectivity index (χ0) is 41.7. The smallest absolute Gasteiger partial charge is 0.464 e. The summed E-state index contributed by atoms with van der Waals surface area (Å²) in [5.74, 6) is -3.16. The van der Waals surface area contributed by atoms with Crippen LogP contribution in [0.1, 0.15) is 85.1 Å². The van der Waals surface area contributed by atoms with Crippen molar-refractivity contribution < 1.29 is 62.7 Å². The number of carbonyl (C=O) groups is 6. The van der Waals surface area contributed by atoms with E-state index in [0.29, 0.717) is 31.2 Å². The van der Waals surface area contributed by atoms with Crippen LogP contribution in [0, 0.1) is 44.6 Å². The van der Waals surface area contributed by atoms with E-state index < -0.39 is 76.0 Å². The van der Waals surface area contributed by atoms with E-state index in [2.05, 4.69) is 17.1 Å². The topological polar surface area (TPSA) is 224 Å². The van der Waals surface area contributed by atoms with Crippen molar-refractivity contribution in [3.63, 3.8) is 0 Å². The Labute approximate surface area is 330 Å². The van der Waals surface area contributed by atoms with E-state index in [-0.39, 0.29) is 68.2 Å². The highest BCUT2D eigenvalue weighted by molar-refractivity contribution is 6.01. The molecule has 1 aromatic rings. The van der Waals surface area contributed by atoms with Crippen LogP contribution in [0.15, 0.2) is 48.1 Å². The number of aliphatic hydroxyl groups is 1. The zero-order valence-electron chi connectivity index (χ0n) is 33.0. The van der Waals surface area contributed by atoms with Crippen molar-refractivity contribution in [1.29, 1.82) is 0 Å². The molecule has 0 heterocycles. The molecule has 0 saturated heterocycles. The van der Waals surface area contributed by atoms with Crippen LogP contribution >= 0.6 is 0 Å². The normalized spacial score (nSPS) is 30.3. The Hall–Kier alpha value is -5.12. The Bertz CT molecular complexity index is 1810. The van der Waals surface area contributed by atoms with E-state index in [0.717, 1.165) is 5.57 Å². The molecule has 4 unspecified atom stereocenters. The summed E-state index contributed by atoms with van der Waals surface area (Å²) >= 11 is 0. The molecule has 3 saturated carbocycles. The maximum atomic E-state index is 14.4. The molecule has 310 valence electrons. The van der Waals surface area contributed by atoms with Crippen LogP contribution in [0.2, 0.25) is 0 Å². The van der Waals surface area contributed by atoms with Crippen LogP contribution in [0.5, 0.6) is 5.75 Å². The number of nitrogens with one attached hydrogen (secondary N) is 1. The average molecular weight is 797 g/mol. The molecular weight excluding hydrogens is 744 g/mol. The molecule has 4 aliphatic rings. The van der Waals surface area contributed by atoms with E-state index in [9.17, 15) is 44.0 Å². The van der Waals surface area contributed by atoms with Crippen LogP contribution in [-0.4, -0.2) is 83.3 Å². The van der Waals surface area contributed by atoms with Crippen molar-refractivity contribution in [3.05, 3.63) is 63.7 Å². The SMILES string of the molecule is CCC(=O)O[C@]1(C(=O)COC(=O)Oc2ccc(CC(NC(C)=O)C(=O)OCCCCO[N+](=O)[O-])cc2)[C@@H](C)CC2C3CCC4=CC(=O)C=C[C@]4(C)C3[C@@H](O)C[C@@]21C. The fourth-order valence-electron chi connectivity index (χ4n) is 10.1. The lowest BCUT2D eigenvalue weighted by atomic mass is 9.46. The van der Waals surface area contributed by atoms with Gasteiger partial charge in [0, 0.05) is 42.4 Å². The number of fused-ring (bicyclic) bond motifs is 5. The number of carbonyl (C=O) groups excluding carboxylic acids is 6. The van der Waals surface area contributed by atoms with Crippen LogP contribution in [0.3, 0.4) is 0 Å². The van der Waals surface area contributed by atoms with Crippen molar-refractivity contribution >= 4 is 35.6 Å². The molecule has 0 radical (unpaired) electrons. The number of allylic oxidation sites excluding steroid dienone is 4. The third-order valence-corrected chi connectivity index (χ3v) is 12.5. The molecule has 16 nitrogen and oxygen atoms in total. The number of ketones is 2. The number of amides is 1. The number of hydrogen-bond acceptors (Lipinski definition) is 14. The molecule has 9 atom stereocenters. The first-order chi connectivity index (χ1) is 26.9. The molecular formula is C41H52N2O14. The first-order valence-corrected chi connectivity index (χ1v) is 19.5. The summed E-state index contributed by atoms with van der Waals surface area (Å²) in [6.07, 6.45) is 5.83. The van der Waals surface area contributed by atoms with Gasteiger partial charge in [0.25, 0.3) is 5.09 Å². The minimum Gasteiger partial charge on any atom is -0.464 e. The fourth-order valence-corrected chi connectivity index (χ4v) is 10.1. The summed E-state index contributed by atoms with van der Waals surface area (Å²) in [5.41, 5.74) is -1.62. The van der Waals surface area contributed by atoms with Crippen LogP contribution in [-0.2, 0) is 49.4 Å². The molecule has 0 spiro atoms. The molecule has 1 amide bonds. The second-order valence-electron chi connectivity index (χ2n) is 16.0. The number of benzene rings is 1. The molecule has 0 bridgehead atoms. The number of nitrogens with zero attached hydrogens (tertiary/aromatic N) is 1. The predicted molar refractivity (Wildman–Crippen MR) is 200 cm³/mol. The highest BCUT2D eigenvalue weighted by Crippen LogP contribution is 2.69. The number of esters is 2. The Morgan fingerprint density at radius 1 is 1.07 bits per heavy atom. The monoisotopic (exact) mass is 796 g/mol. The van der Waals surface area contributed by atoms with Gasteiger partial charge < -0.3 is 34.2 Å². The molecule has 3 fully saturated rings. The Morgan fingerprint density at radius 2 is 1.77 bits per heavy atom. The summed E-state index contributed by atoms with van der Waals surface area (Å²) < 4.78 is 22.1. The first-order valence-electron chi connectivity index (χ1n) is 19.5. The van der Waals surface area contributed by atoms with Gasteiger partial charge in [0.2, 0.25) is 11.7 Å². The van der Waals surface area contributed by atoms with Crippen molar-refractivity contribution in [2.24, 2.45) is 34.5 Å². The lowest BCUT2D eigenvalue weighted by Gasteiger charge is -2.60. The molecule has 1 aromatic carbocycles. The van der Waals surface area contributed by atoms with E-state index in [1.807, 2.05) is 19.9 Å². The Morgan fingerprint density at radius 3 is 2.44 bits per heavy atom. The van der Waals surface area contributed by atoms with Gasteiger partial charge in [-0.3, -0.25) is 19.2 Å². The molecule has 5 rings (SSSR count). The second-order valence-corrected chi connectivity index (χ2v) is 16.0. The van der Waals surface area contributed by atoms with Gasteiger partial charge in [-0.1, -0.05) is 51.5 Å². The van der Waals surface area contributed by atoms with Gasteiger partial charge in [-0.2, -0.15) is 0 Å². The molecule has 0 aliphatic heterocycles. The Kier molecular flexibility index (Phi) is 13.3. The van der Waals surface area contributed by atoms with Gasteiger partial charge in [-0.15, -0.1) is 10.1 Å². The van der Waals surface area contributed by atoms with Crippen LogP contribution in [0.4, 0.5) is 4.79 Å². The number of unbranched alkanes of at least 4 members (excludes halogenated alkanes) is 1. The molecule has 4 aliphatic carbocycles. The average Bonchev–Trinajstić information content (AvgIpc) is 3.37. The quantitative estimate of drug-likeness (QED) is 0.0584. The van der Waals surface area contributed by atoms with Gasteiger partial charge in [0.1, 0.15) is 11.8 Å². The van der Waals surface area contributed by atoms with Crippen molar-refractivity contribution in [2.75, 3.05) is 19.8 Å². The molecule has 0 aromatic heterocycles. The van der Waals surface area contributed by atoms with Crippen LogP contribution in [0.25, 0.3) is 0 Å². The zero-order valence-corrected chi connectivity index (χ0v) is 33.0. The number of aliphatic hydroxyl groups excluding tert-OH is 1. The van der Waals surface area contributed by atoms with E-state index in [4.69, 9.17) is 18.9 Å². The van der Waals surface area contributed by atoms with Crippen molar-refractivity contribution in [1.82, 2.24) is 5.32 Å².